The molecule has 0 spiro atoms. The minimum atomic E-state index is -3.60. The first kappa shape index (κ1) is 26.3. The van der Waals surface area contributed by atoms with Gasteiger partial charge in [-0.15, -0.1) is 0 Å². The summed E-state index contributed by atoms with van der Waals surface area (Å²) in [4.78, 5) is 14.9. The van der Waals surface area contributed by atoms with Crippen LogP contribution in [-0.2, 0) is 9.84 Å². The molecule has 1 amide bonds. The molecule has 1 fully saturated rings. The molecule has 4 rings (SSSR count). The summed E-state index contributed by atoms with van der Waals surface area (Å²) in [5.74, 6) is -3.07. The number of methoxy groups -OCH3 is 1. The Balaban J connectivity index is 1.57. The Bertz CT molecular complexity index is 1420. The summed E-state index contributed by atoms with van der Waals surface area (Å²) < 4.78 is 76.8. The van der Waals surface area contributed by atoms with Crippen LogP contribution in [0.2, 0.25) is 0 Å². The summed E-state index contributed by atoms with van der Waals surface area (Å²) in [5.41, 5.74) is 0.402. The van der Waals surface area contributed by atoms with Crippen LogP contribution in [0, 0.1) is 17.5 Å². The van der Waals surface area contributed by atoms with Crippen molar-refractivity contribution >= 4 is 27.1 Å². The third-order valence-corrected chi connectivity index (χ3v) is 7.15. The monoisotopic (exact) mass is 534 g/mol. The molecule has 7 nitrogen and oxygen atoms in total. The highest BCUT2D eigenvalue weighted by atomic mass is 32.2. The molecule has 0 aromatic heterocycles. The number of rotatable bonds is 7. The van der Waals surface area contributed by atoms with Crippen molar-refractivity contribution in [3.8, 4) is 11.5 Å². The van der Waals surface area contributed by atoms with Gasteiger partial charge in [-0.2, -0.15) is 0 Å². The summed E-state index contributed by atoms with van der Waals surface area (Å²) in [7, 11) is -2.28. The van der Waals surface area contributed by atoms with E-state index in [0.29, 0.717) is 31.6 Å². The normalized spacial score (nSPS) is 14.4. The lowest BCUT2D eigenvalue weighted by molar-refractivity contribution is 0.102. The summed E-state index contributed by atoms with van der Waals surface area (Å²) >= 11 is 0. The Labute approximate surface area is 212 Å². The standard InChI is InChI=1S/C26H25F3N2O5S/c1-35-24-5-3-4-19(28)25(24)26(32)30-21-15-18(37(2,33)34)7-8-22(21)31-12-10-17(11-13-31)36-23-9-6-16(27)14-20(23)29/h3-9,14-15,17H,10-13H2,1-2H3,(H,30,32). The van der Waals surface area contributed by atoms with E-state index < -0.39 is 33.2 Å². The second-order valence-corrected chi connectivity index (χ2v) is 10.6. The van der Waals surface area contributed by atoms with Crippen molar-refractivity contribution < 1.29 is 35.9 Å². The number of nitrogens with zero attached hydrogens (tertiary/aromatic N) is 1. The van der Waals surface area contributed by atoms with E-state index in [0.717, 1.165) is 24.5 Å². The average Bonchev–Trinajstić information content (AvgIpc) is 2.85. The van der Waals surface area contributed by atoms with Crippen LogP contribution >= 0.6 is 0 Å². The molecule has 0 bridgehead atoms. The Morgan fingerprint density at radius 2 is 1.70 bits per heavy atom. The van der Waals surface area contributed by atoms with Gasteiger partial charge in [-0.3, -0.25) is 4.79 Å². The third kappa shape index (κ3) is 5.99. The number of piperidine rings is 1. The number of benzene rings is 3. The SMILES string of the molecule is COc1cccc(F)c1C(=O)Nc1cc(S(C)(=O)=O)ccc1N1CCC(Oc2ccc(F)cc2F)CC1. The quantitative estimate of drug-likeness (QED) is 0.468. The number of nitrogens with one attached hydrogen (secondary N) is 1. The van der Waals surface area contributed by atoms with E-state index in [4.69, 9.17) is 9.47 Å². The maximum absolute atomic E-state index is 14.5. The molecule has 37 heavy (non-hydrogen) atoms. The van der Waals surface area contributed by atoms with Crippen molar-refractivity contribution in [3.05, 3.63) is 77.6 Å². The van der Waals surface area contributed by atoms with Crippen molar-refractivity contribution in [1.29, 1.82) is 0 Å². The van der Waals surface area contributed by atoms with Gasteiger partial charge >= 0.3 is 0 Å². The summed E-state index contributed by atoms with van der Waals surface area (Å²) in [6.07, 6.45) is 1.69. The topological polar surface area (TPSA) is 84.9 Å². The van der Waals surface area contributed by atoms with Crippen LogP contribution in [0.15, 0.2) is 59.5 Å². The molecule has 1 aliphatic rings. The highest BCUT2D eigenvalue weighted by molar-refractivity contribution is 7.90. The molecule has 1 heterocycles. The zero-order valence-corrected chi connectivity index (χ0v) is 20.9. The van der Waals surface area contributed by atoms with Crippen molar-refractivity contribution in [2.45, 2.75) is 23.8 Å². The van der Waals surface area contributed by atoms with E-state index in [1.54, 1.807) is 6.07 Å². The fraction of sp³-hybridized carbons (Fsp3) is 0.269. The molecule has 3 aromatic carbocycles. The summed E-state index contributed by atoms with van der Waals surface area (Å²) in [5, 5.41) is 2.63. The number of anilines is 2. The van der Waals surface area contributed by atoms with E-state index in [2.05, 4.69) is 5.32 Å². The predicted molar refractivity (Wildman–Crippen MR) is 133 cm³/mol. The van der Waals surface area contributed by atoms with Gasteiger partial charge in [0.25, 0.3) is 5.91 Å². The first-order chi connectivity index (χ1) is 17.6. The number of ether oxygens (including phenoxy) is 2. The second kappa shape index (κ2) is 10.7. The molecule has 11 heteroatoms. The van der Waals surface area contributed by atoms with Crippen LogP contribution in [-0.4, -0.2) is 46.9 Å². The van der Waals surface area contributed by atoms with Gasteiger partial charge in [0.15, 0.2) is 21.4 Å². The highest BCUT2D eigenvalue weighted by Gasteiger charge is 2.26. The summed E-state index contributed by atoms with van der Waals surface area (Å²) in [6, 6.07) is 11.4. The molecule has 3 aromatic rings. The highest BCUT2D eigenvalue weighted by Crippen LogP contribution is 2.33. The maximum Gasteiger partial charge on any atom is 0.262 e. The van der Waals surface area contributed by atoms with Gasteiger partial charge < -0.3 is 19.7 Å². The molecule has 1 N–H and O–H groups in total. The fourth-order valence-electron chi connectivity index (χ4n) is 4.17. The van der Waals surface area contributed by atoms with E-state index in [1.165, 1.54) is 37.4 Å². The Morgan fingerprint density at radius 1 is 0.973 bits per heavy atom. The van der Waals surface area contributed by atoms with E-state index in [1.807, 2.05) is 4.90 Å². The first-order valence-electron chi connectivity index (χ1n) is 11.4. The lowest BCUT2D eigenvalue weighted by Gasteiger charge is -2.35. The lowest BCUT2D eigenvalue weighted by Crippen LogP contribution is -2.38. The molecule has 0 unspecified atom stereocenters. The number of amides is 1. The molecule has 1 saturated heterocycles. The van der Waals surface area contributed by atoms with Gasteiger partial charge in [0.2, 0.25) is 0 Å². The molecular formula is C26H25F3N2O5S. The molecular weight excluding hydrogens is 509 g/mol. The number of carbonyl (C=O) groups is 1. The largest absolute Gasteiger partial charge is 0.496 e. The van der Waals surface area contributed by atoms with Gasteiger partial charge in [-0.05, 0) is 42.5 Å². The second-order valence-electron chi connectivity index (χ2n) is 8.60. The van der Waals surface area contributed by atoms with Crippen LogP contribution in [0.5, 0.6) is 11.5 Å². The number of halogens is 3. The Hall–Kier alpha value is -3.73. The Morgan fingerprint density at radius 3 is 2.35 bits per heavy atom. The van der Waals surface area contributed by atoms with E-state index >= 15 is 0 Å². The predicted octanol–water partition coefficient (Wildman–Crippen LogP) is 4.82. The number of sulfone groups is 1. The minimum Gasteiger partial charge on any atom is -0.496 e. The average molecular weight is 535 g/mol. The van der Waals surface area contributed by atoms with Gasteiger partial charge in [-0.1, -0.05) is 6.07 Å². The molecule has 0 radical (unpaired) electrons. The first-order valence-corrected chi connectivity index (χ1v) is 13.3. The van der Waals surface area contributed by atoms with Crippen LogP contribution in [0.3, 0.4) is 0 Å². The number of carbonyl (C=O) groups excluding carboxylic acids is 1. The maximum atomic E-state index is 14.5. The zero-order chi connectivity index (χ0) is 26.7. The van der Waals surface area contributed by atoms with Crippen molar-refractivity contribution in [3.63, 3.8) is 0 Å². The fourth-order valence-corrected chi connectivity index (χ4v) is 4.81. The van der Waals surface area contributed by atoms with E-state index in [-0.39, 0.29) is 33.7 Å². The molecule has 0 atom stereocenters. The minimum absolute atomic E-state index is 0.0166. The van der Waals surface area contributed by atoms with Crippen LogP contribution in [0.1, 0.15) is 23.2 Å². The van der Waals surface area contributed by atoms with Crippen molar-refractivity contribution in [2.75, 3.05) is 36.7 Å². The molecule has 0 saturated carbocycles. The van der Waals surface area contributed by atoms with Crippen LogP contribution in [0.4, 0.5) is 24.5 Å². The lowest BCUT2D eigenvalue weighted by atomic mass is 10.1. The van der Waals surface area contributed by atoms with Gasteiger partial charge in [0.1, 0.15) is 29.1 Å². The van der Waals surface area contributed by atoms with E-state index in [9.17, 15) is 26.4 Å². The van der Waals surface area contributed by atoms with Gasteiger partial charge in [-0.25, -0.2) is 21.6 Å². The van der Waals surface area contributed by atoms with Crippen molar-refractivity contribution in [1.82, 2.24) is 0 Å². The smallest absolute Gasteiger partial charge is 0.262 e. The molecule has 196 valence electrons. The number of hydrogen-bond acceptors (Lipinski definition) is 6. The zero-order valence-electron chi connectivity index (χ0n) is 20.1. The third-order valence-electron chi connectivity index (χ3n) is 6.04. The van der Waals surface area contributed by atoms with Crippen LogP contribution < -0.4 is 19.7 Å². The van der Waals surface area contributed by atoms with Crippen molar-refractivity contribution in [2.24, 2.45) is 0 Å². The Kier molecular flexibility index (Phi) is 7.63. The summed E-state index contributed by atoms with van der Waals surface area (Å²) in [6.45, 7) is 0.884. The van der Waals surface area contributed by atoms with Gasteiger partial charge in [0.05, 0.1) is 23.4 Å². The van der Waals surface area contributed by atoms with Crippen LogP contribution in [0.25, 0.3) is 0 Å². The number of hydrogen-bond donors (Lipinski definition) is 1. The molecule has 0 aliphatic carbocycles. The van der Waals surface area contributed by atoms with Gasteiger partial charge in [0, 0.05) is 38.3 Å². The molecule has 1 aliphatic heterocycles.